The van der Waals surface area contributed by atoms with Crippen molar-refractivity contribution >= 4 is 11.8 Å². The molecule has 1 aliphatic heterocycles. The van der Waals surface area contributed by atoms with Crippen LogP contribution in [0.25, 0.3) is 0 Å². The van der Waals surface area contributed by atoms with E-state index in [0.717, 1.165) is 12.2 Å². The number of aryl methyl sites for hydroxylation is 1. The summed E-state index contributed by atoms with van der Waals surface area (Å²) in [6.07, 6.45) is 0.577. The highest BCUT2D eigenvalue weighted by Gasteiger charge is 2.48. The molecule has 2 nitrogen and oxygen atoms in total. The summed E-state index contributed by atoms with van der Waals surface area (Å²) < 4.78 is 6.07. The van der Waals surface area contributed by atoms with Crippen molar-refractivity contribution in [3.63, 3.8) is 0 Å². The van der Waals surface area contributed by atoms with Gasteiger partial charge in [0.1, 0.15) is 0 Å². The second-order valence-corrected chi connectivity index (χ2v) is 8.06. The number of hydrogen-bond acceptors (Lipinski definition) is 3. The van der Waals surface area contributed by atoms with Crippen LogP contribution in [0.4, 0.5) is 0 Å². The van der Waals surface area contributed by atoms with Crippen molar-refractivity contribution in [3.8, 4) is 0 Å². The fraction of sp³-hybridized carbons (Fsp3) is 0.647. The number of hydrogen-bond donors (Lipinski definition) is 1. The number of rotatable bonds is 4. The van der Waals surface area contributed by atoms with Crippen molar-refractivity contribution in [1.29, 1.82) is 0 Å². The van der Waals surface area contributed by atoms with Crippen LogP contribution in [-0.2, 0) is 4.74 Å². The SMILES string of the molecule is Cc1ccc(SCC(O)C2CC(C)(C)OC2(C)C)cc1. The molecule has 1 saturated heterocycles. The Bertz CT molecular complexity index is 451. The summed E-state index contributed by atoms with van der Waals surface area (Å²) in [5, 5.41) is 10.5. The number of benzene rings is 1. The molecule has 1 aromatic carbocycles. The Morgan fingerprint density at radius 3 is 2.35 bits per heavy atom. The Hall–Kier alpha value is -0.510. The zero-order valence-corrected chi connectivity index (χ0v) is 14.0. The lowest BCUT2D eigenvalue weighted by Crippen LogP contribution is -2.37. The third-order valence-corrected chi connectivity index (χ3v) is 5.16. The second kappa shape index (κ2) is 5.70. The standard InChI is InChI=1S/C17H26O2S/c1-12-6-8-13(9-7-12)20-11-15(18)14-10-16(2,3)19-17(14,4)5/h6-9,14-15,18H,10-11H2,1-5H3. The van der Waals surface area contributed by atoms with Gasteiger partial charge in [-0.15, -0.1) is 11.8 Å². The minimum Gasteiger partial charge on any atom is -0.392 e. The summed E-state index contributed by atoms with van der Waals surface area (Å²) in [5.41, 5.74) is 0.877. The summed E-state index contributed by atoms with van der Waals surface area (Å²) in [6, 6.07) is 8.46. The van der Waals surface area contributed by atoms with Gasteiger partial charge in [-0.05, 0) is 53.2 Å². The third kappa shape index (κ3) is 3.78. The fourth-order valence-electron chi connectivity index (χ4n) is 3.14. The maximum atomic E-state index is 10.5. The Balaban J connectivity index is 1.95. The van der Waals surface area contributed by atoms with Gasteiger partial charge >= 0.3 is 0 Å². The Labute approximate surface area is 126 Å². The minimum absolute atomic E-state index is 0.135. The van der Waals surface area contributed by atoms with E-state index in [4.69, 9.17) is 4.74 Å². The normalized spacial score (nSPS) is 25.6. The van der Waals surface area contributed by atoms with Crippen LogP contribution in [0.1, 0.15) is 39.7 Å². The fourth-order valence-corrected chi connectivity index (χ4v) is 4.06. The molecule has 2 rings (SSSR count). The molecule has 20 heavy (non-hydrogen) atoms. The molecule has 0 bridgehead atoms. The van der Waals surface area contributed by atoms with Crippen LogP contribution in [0.3, 0.4) is 0 Å². The van der Waals surface area contributed by atoms with Crippen LogP contribution in [0, 0.1) is 12.8 Å². The summed E-state index contributed by atoms with van der Waals surface area (Å²) >= 11 is 1.72. The summed E-state index contributed by atoms with van der Waals surface area (Å²) in [5.74, 6) is 0.909. The van der Waals surface area contributed by atoms with E-state index >= 15 is 0 Å². The number of aliphatic hydroxyl groups is 1. The summed E-state index contributed by atoms with van der Waals surface area (Å²) in [6.45, 7) is 10.5. The van der Waals surface area contributed by atoms with Crippen molar-refractivity contribution < 1.29 is 9.84 Å². The first-order valence-electron chi connectivity index (χ1n) is 7.27. The average Bonchev–Trinajstić information content (AvgIpc) is 2.56. The van der Waals surface area contributed by atoms with Crippen molar-refractivity contribution in [2.75, 3.05) is 5.75 Å². The maximum absolute atomic E-state index is 10.5. The molecule has 1 aliphatic rings. The van der Waals surface area contributed by atoms with E-state index in [9.17, 15) is 5.11 Å². The van der Waals surface area contributed by atoms with Gasteiger partial charge in [-0.25, -0.2) is 0 Å². The van der Waals surface area contributed by atoms with E-state index in [1.807, 2.05) is 0 Å². The highest BCUT2D eigenvalue weighted by molar-refractivity contribution is 7.99. The zero-order valence-electron chi connectivity index (χ0n) is 13.1. The topological polar surface area (TPSA) is 29.5 Å². The Morgan fingerprint density at radius 1 is 1.25 bits per heavy atom. The summed E-state index contributed by atoms with van der Waals surface area (Å²) in [7, 11) is 0. The lowest BCUT2D eigenvalue weighted by molar-refractivity contribution is -0.0853. The molecular formula is C17H26O2S. The largest absolute Gasteiger partial charge is 0.392 e. The molecule has 0 radical (unpaired) electrons. The minimum atomic E-state index is -0.335. The predicted octanol–water partition coefficient (Wildman–Crippen LogP) is 4.04. The lowest BCUT2D eigenvalue weighted by Gasteiger charge is -2.30. The van der Waals surface area contributed by atoms with Crippen molar-refractivity contribution in [2.45, 2.75) is 63.2 Å². The van der Waals surface area contributed by atoms with Gasteiger partial charge in [-0.3, -0.25) is 0 Å². The van der Waals surface area contributed by atoms with Crippen LogP contribution in [-0.4, -0.2) is 28.2 Å². The predicted molar refractivity (Wildman–Crippen MR) is 85.3 cm³/mol. The number of aliphatic hydroxyl groups excluding tert-OH is 1. The first-order chi connectivity index (χ1) is 9.20. The van der Waals surface area contributed by atoms with Crippen LogP contribution in [0.5, 0.6) is 0 Å². The highest BCUT2D eigenvalue weighted by atomic mass is 32.2. The molecule has 0 saturated carbocycles. The van der Waals surface area contributed by atoms with Crippen molar-refractivity contribution in [3.05, 3.63) is 29.8 Å². The average molecular weight is 294 g/mol. The van der Waals surface area contributed by atoms with Crippen molar-refractivity contribution in [2.24, 2.45) is 5.92 Å². The van der Waals surface area contributed by atoms with Crippen LogP contribution >= 0.6 is 11.8 Å². The zero-order chi connectivity index (χ0) is 15.0. The van der Waals surface area contributed by atoms with Crippen LogP contribution in [0.2, 0.25) is 0 Å². The maximum Gasteiger partial charge on any atom is 0.0690 e. The molecule has 0 spiro atoms. The van der Waals surface area contributed by atoms with E-state index < -0.39 is 0 Å². The summed E-state index contributed by atoms with van der Waals surface area (Å²) in [4.78, 5) is 1.21. The molecule has 0 aromatic heterocycles. The van der Waals surface area contributed by atoms with E-state index in [-0.39, 0.29) is 23.2 Å². The van der Waals surface area contributed by atoms with Gasteiger partial charge in [0, 0.05) is 16.6 Å². The molecule has 1 aromatic rings. The van der Waals surface area contributed by atoms with Crippen LogP contribution in [0.15, 0.2) is 29.2 Å². The molecular weight excluding hydrogens is 268 g/mol. The molecule has 0 aliphatic carbocycles. The van der Waals surface area contributed by atoms with Gasteiger partial charge < -0.3 is 9.84 Å². The first-order valence-corrected chi connectivity index (χ1v) is 8.26. The highest BCUT2D eigenvalue weighted by Crippen LogP contribution is 2.44. The molecule has 3 heteroatoms. The number of thioether (sulfide) groups is 1. The van der Waals surface area contributed by atoms with E-state index in [1.54, 1.807) is 11.8 Å². The quantitative estimate of drug-likeness (QED) is 0.850. The van der Waals surface area contributed by atoms with E-state index in [1.165, 1.54) is 10.5 Å². The molecule has 1 fully saturated rings. The Morgan fingerprint density at radius 2 is 1.85 bits per heavy atom. The van der Waals surface area contributed by atoms with Gasteiger partial charge in [0.15, 0.2) is 0 Å². The van der Waals surface area contributed by atoms with Gasteiger partial charge in [0.05, 0.1) is 17.3 Å². The monoisotopic (exact) mass is 294 g/mol. The molecule has 112 valence electrons. The second-order valence-electron chi connectivity index (χ2n) is 6.97. The number of ether oxygens (including phenoxy) is 1. The smallest absolute Gasteiger partial charge is 0.0690 e. The van der Waals surface area contributed by atoms with Gasteiger partial charge in [0.2, 0.25) is 0 Å². The van der Waals surface area contributed by atoms with Gasteiger partial charge in [0.25, 0.3) is 0 Å². The van der Waals surface area contributed by atoms with Gasteiger partial charge in [-0.2, -0.15) is 0 Å². The van der Waals surface area contributed by atoms with E-state index in [0.29, 0.717) is 0 Å². The van der Waals surface area contributed by atoms with Crippen molar-refractivity contribution in [1.82, 2.24) is 0 Å². The molecule has 2 atom stereocenters. The first kappa shape index (κ1) is 15.9. The molecule has 2 unspecified atom stereocenters. The lowest BCUT2D eigenvalue weighted by atomic mass is 9.84. The molecule has 0 amide bonds. The third-order valence-electron chi connectivity index (χ3n) is 4.05. The van der Waals surface area contributed by atoms with Gasteiger partial charge in [-0.1, -0.05) is 17.7 Å². The Kier molecular flexibility index (Phi) is 4.53. The van der Waals surface area contributed by atoms with E-state index in [2.05, 4.69) is 58.9 Å². The molecule has 1 heterocycles. The van der Waals surface area contributed by atoms with Crippen LogP contribution < -0.4 is 0 Å². The molecule has 1 N–H and O–H groups in total.